The van der Waals surface area contributed by atoms with Crippen molar-refractivity contribution in [3.8, 4) is 5.75 Å². The van der Waals surface area contributed by atoms with Crippen LogP contribution in [0.4, 0.5) is 5.69 Å². The van der Waals surface area contributed by atoms with Crippen molar-refractivity contribution in [2.24, 2.45) is 0 Å². The predicted molar refractivity (Wildman–Crippen MR) is 125 cm³/mol. The molecular weight excluding hydrogens is 430 g/mol. The van der Waals surface area contributed by atoms with E-state index in [9.17, 15) is 9.59 Å². The molecule has 4 rings (SSSR count). The highest BCUT2D eigenvalue weighted by molar-refractivity contribution is 7.98. The number of ketones is 1. The number of thioether (sulfide) groups is 1. The SMILES string of the molecule is CCOC(=O)c1scc2c1C(SCc1ccccc1)N(c1ccc(OC)cc1)CC2=O. The first kappa shape index (κ1) is 21.5. The van der Waals surface area contributed by atoms with Crippen molar-refractivity contribution in [2.75, 3.05) is 25.2 Å². The molecule has 3 aromatic rings. The summed E-state index contributed by atoms with van der Waals surface area (Å²) in [6.45, 7) is 2.34. The molecule has 160 valence electrons. The molecule has 1 aromatic heterocycles. The Morgan fingerprint density at radius 3 is 2.58 bits per heavy atom. The van der Waals surface area contributed by atoms with Gasteiger partial charge in [0, 0.05) is 27.9 Å². The van der Waals surface area contributed by atoms with Crippen molar-refractivity contribution in [1.82, 2.24) is 0 Å². The minimum absolute atomic E-state index is 0.00850. The number of ether oxygens (including phenoxy) is 2. The van der Waals surface area contributed by atoms with Crippen LogP contribution in [0.15, 0.2) is 60.0 Å². The van der Waals surface area contributed by atoms with Crippen LogP contribution in [0.1, 0.15) is 43.5 Å². The molecule has 0 saturated carbocycles. The van der Waals surface area contributed by atoms with E-state index in [2.05, 4.69) is 17.0 Å². The number of hydrogen-bond acceptors (Lipinski definition) is 7. The fourth-order valence-electron chi connectivity index (χ4n) is 3.58. The Morgan fingerprint density at radius 2 is 1.90 bits per heavy atom. The summed E-state index contributed by atoms with van der Waals surface area (Å²) in [5, 5.41) is 1.61. The fraction of sp³-hybridized carbons (Fsp3) is 0.250. The van der Waals surface area contributed by atoms with Gasteiger partial charge in [0.25, 0.3) is 0 Å². The Labute approximate surface area is 190 Å². The van der Waals surface area contributed by atoms with Crippen molar-refractivity contribution < 1.29 is 19.1 Å². The smallest absolute Gasteiger partial charge is 0.348 e. The van der Waals surface area contributed by atoms with E-state index < -0.39 is 0 Å². The van der Waals surface area contributed by atoms with Gasteiger partial charge in [-0.25, -0.2) is 4.79 Å². The quantitative estimate of drug-likeness (QED) is 0.436. The number of hydrogen-bond donors (Lipinski definition) is 0. The highest BCUT2D eigenvalue weighted by Gasteiger charge is 2.38. The average molecular weight is 454 g/mol. The van der Waals surface area contributed by atoms with Crippen LogP contribution in [0, 0.1) is 0 Å². The summed E-state index contributed by atoms with van der Waals surface area (Å²) in [4.78, 5) is 28.2. The first-order valence-corrected chi connectivity index (χ1v) is 11.9. The molecule has 0 fully saturated rings. The summed E-state index contributed by atoms with van der Waals surface area (Å²) in [6.07, 6.45) is 0. The van der Waals surface area contributed by atoms with Gasteiger partial charge >= 0.3 is 5.97 Å². The van der Waals surface area contributed by atoms with Crippen molar-refractivity contribution >= 4 is 40.5 Å². The maximum atomic E-state index is 13.0. The molecule has 0 radical (unpaired) electrons. The molecule has 0 amide bonds. The van der Waals surface area contributed by atoms with Gasteiger partial charge in [0.15, 0.2) is 5.78 Å². The third-order valence-corrected chi connectivity index (χ3v) is 7.37. The number of fused-ring (bicyclic) bond motifs is 1. The van der Waals surface area contributed by atoms with E-state index in [0.29, 0.717) is 17.0 Å². The van der Waals surface area contributed by atoms with Crippen LogP contribution in [0.2, 0.25) is 0 Å². The summed E-state index contributed by atoms with van der Waals surface area (Å²) in [5.74, 6) is 1.14. The normalized spacial score (nSPS) is 15.5. The maximum Gasteiger partial charge on any atom is 0.348 e. The predicted octanol–water partition coefficient (Wildman–Crippen LogP) is 5.57. The molecule has 7 heteroatoms. The van der Waals surface area contributed by atoms with Gasteiger partial charge in [-0.2, -0.15) is 0 Å². The van der Waals surface area contributed by atoms with E-state index in [0.717, 1.165) is 22.8 Å². The number of Topliss-reactive ketones (excluding diaryl/α,β-unsaturated/α-hetero) is 1. The molecular formula is C24H23NO4S2. The van der Waals surface area contributed by atoms with E-state index >= 15 is 0 Å². The third kappa shape index (κ3) is 4.48. The van der Waals surface area contributed by atoms with Gasteiger partial charge in [0.1, 0.15) is 16.0 Å². The van der Waals surface area contributed by atoms with Crippen LogP contribution in [0.25, 0.3) is 0 Å². The van der Waals surface area contributed by atoms with Crippen molar-refractivity contribution in [1.29, 1.82) is 0 Å². The summed E-state index contributed by atoms with van der Waals surface area (Å²) in [5.41, 5.74) is 3.49. The molecule has 0 aliphatic carbocycles. The van der Waals surface area contributed by atoms with E-state index in [1.807, 2.05) is 42.5 Å². The molecule has 5 nitrogen and oxygen atoms in total. The highest BCUT2D eigenvalue weighted by Crippen LogP contribution is 2.46. The van der Waals surface area contributed by atoms with Crippen LogP contribution in [0.3, 0.4) is 0 Å². The first-order valence-electron chi connectivity index (χ1n) is 10.00. The molecule has 1 aliphatic heterocycles. The van der Waals surface area contributed by atoms with Crippen LogP contribution in [0.5, 0.6) is 5.75 Å². The molecule has 1 aliphatic rings. The number of carbonyl (C=O) groups is 2. The second kappa shape index (κ2) is 9.58. The molecule has 1 atom stereocenters. The van der Waals surface area contributed by atoms with Gasteiger partial charge in [0.05, 0.1) is 20.3 Å². The molecule has 2 heterocycles. The first-order chi connectivity index (χ1) is 15.1. The topological polar surface area (TPSA) is 55.8 Å². The van der Waals surface area contributed by atoms with Crippen LogP contribution in [-0.4, -0.2) is 32.0 Å². The van der Waals surface area contributed by atoms with Gasteiger partial charge < -0.3 is 14.4 Å². The van der Waals surface area contributed by atoms with Gasteiger partial charge in [0.2, 0.25) is 0 Å². The molecule has 31 heavy (non-hydrogen) atoms. The Hall–Kier alpha value is -2.77. The highest BCUT2D eigenvalue weighted by atomic mass is 32.2. The lowest BCUT2D eigenvalue weighted by atomic mass is 10.0. The zero-order valence-corrected chi connectivity index (χ0v) is 19.0. The fourth-order valence-corrected chi connectivity index (χ4v) is 5.99. The lowest BCUT2D eigenvalue weighted by molar-refractivity contribution is 0.0531. The largest absolute Gasteiger partial charge is 0.497 e. The van der Waals surface area contributed by atoms with Gasteiger partial charge in [-0.15, -0.1) is 23.1 Å². The number of carbonyl (C=O) groups excluding carboxylic acids is 2. The monoisotopic (exact) mass is 453 g/mol. The maximum absolute atomic E-state index is 13.0. The second-order valence-electron chi connectivity index (χ2n) is 7.01. The molecule has 0 bridgehead atoms. The van der Waals surface area contributed by atoms with Gasteiger partial charge in [-0.05, 0) is 36.8 Å². The summed E-state index contributed by atoms with van der Waals surface area (Å²) in [6, 6.07) is 17.9. The summed E-state index contributed by atoms with van der Waals surface area (Å²) < 4.78 is 10.6. The summed E-state index contributed by atoms with van der Waals surface area (Å²) >= 11 is 2.99. The molecule has 0 saturated heterocycles. The Kier molecular flexibility index (Phi) is 6.63. The summed E-state index contributed by atoms with van der Waals surface area (Å²) in [7, 11) is 1.63. The van der Waals surface area contributed by atoms with Crippen molar-refractivity contribution in [2.45, 2.75) is 18.1 Å². The standard InChI is InChI=1S/C24H23NO4S2/c1-3-29-24(27)22-21-19(15-30-22)20(26)13-25(17-9-11-18(28-2)12-10-17)23(21)31-14-16-7-5-4-6-8-16/h4-12,15,23H,3,13-14H2,1-2H3. The van der Waals surface area contributed by atoms with Crippen LogP contribution >= 0.6 is 23.1 Å². The third-order valence-electron chi connectivity index (χ3n) is 5.09. The number of thiophene rings is 1. The molecule has 0 N–H and O–H groups in total. The molecule has 0 spiro atoms. The molecule has 1 unspecified atom stereocenters. The van der Waals surface area contributed by atoms with Crippen molar-refractivity contribution in [3.05, 3.63) is 81.5 Å². The van der Waals surface area contributed by atoms with E-state index in [1.165, 1.54) is 16.9 Å². The number of benzene rings is 2. The second-order valence-corrected chi connectivity index (χ2v) is 8.96. The zero-order valence-electron chi connectivity index (χ0n) is 17.4. The number of nitrogens with zero attached hydrogens (tertiary/aromatic N) is 1. The van der Waals surface area contributed by atoms with Crippen molar-refractivity contribution in [3.63, 3.8) is 0 Å². The van der Waals surface area contributed by atoms with Gasteiger partial charge in [-0.1, -0.05) is 30.3 Å². The lowest BCUT2D eigenvalue weighted by Gasteiger charge is -2.37. The Morgan fingerprint density at radius 1 is 1.16 bits per heavy atom. The number of methoxy groups -OCH3 is 1. The number of esters is 1. The van der Waals surface area contributed by atoms with Gasteiger partial charge in [-0.3, -0.25) is 4.79 Å². The van der Waals surface area contributed by atoms with Crippen LogP contribution < -0.4 is 9.64 Å². The minimum Gasteiger partial charge on any atom is -0.497 e. The Bertz CT molecular complexity index is 1060. The average Bonchev–Trinajstić information content (AvgIpc) is 3.25. The minimum atomic E-state index is -0.372. The Balaban J connectivity index is 1.74. The van der Waals surface area contributed by atoms with Crippen LogP contribution in [-0.2, 0) is 10.5 Å². The lowest BCUT2D eigenvalue weighted by Crippen LogP contribution is -2.38. The zero-order chi connectivity index (χ0) is 21.8. The van der Waals surface area contributed by atoms with E-state index in [-0.39, 0.29) is 23.7 Å². The number of rotatable bonds is 7. The number of anilines is 1. The van der Waals surface area contributed by atoms with E-state index in [1.54, 1.807) is 31.2 Å². The van der Waals surface area contributed by atoms with E-state index in [4.69, 9.17) is 9.47 Å². The molecule has 2 aromatic carbocycles.